The molecular formula is C14H19N3O2. The summed E-state index contributed by atoms with van der Waals surface area (Å²) in [4.78, 5) is 27.1. The zero-order chi connectivity index (χ0) is 13.7. The molecule has 0 atom stereocenters. The third kappa shape index (κ3) is 4.69. The van der Waals surface area contributed by atoms with Gasteiger partial charge in [0, 0.05) is 25.1 Å². The number of anilines is 1. The maximum atomic E-state index is 11.7. The molecule has 1 aromatic heterocycles. The molecule has 5 nitrogen and oxygen atoms in total. The number of nitrogens with one attached hydrogen (secondary N) is 2. The van der Waals surface area contributed by atoms with Crippen LogP contribution >= 0.6 is 0 Å². The van der Waals surface area contributed by atoms with E-state index in [1.54, 1.807) is 6.20 Å². The fourth-order valence-corrected chi connectivity index (χ4v) is 1.76. The van der Waals surface area contributed by atoms with Crippen LogP contribution in [0.2, 0.25) is 0 Å². The Bertz CT molecular complexity index is 470. The first-order valence-electron chi connectivity index (χ1n) is 6.65. The van der Waals surface area contributed by atoms with E-state index in [-0.39, 0.29) is 17.7 Å². The molecule has 1 saturated carbocycles. The highest BCUT2D eigenvalue weighted by Gasteiger charge is 2.28. The summed E-state index contributed by atoms with van der Waals surface area (Å²) in [6.45, 7) is 2.51. The Morgan fingerprint density at radius 2 is 2.21 bits per heavy atom. The van der Waals surface area contributed by atoms with E-state index in [0.717, 1.165) is 18.4 Å². The Morgan fingerprint density at radius 1 is 1.42 bits per heavy atom. The van der Waals surface area contributed by atoms with E-state index in [1.165, 1.54) is 0 Å². The van der Waals surface area contributed by atoms with Gasteiger partial charge in [-0.3, -0.25) is 9.59 Å². The van der Waals surface area contributed by atoms with Crippen molar-refractivity contribution in [2.24, 2.45) is 5.92 Å². The number of aryl methyl sites for hydroxylation is 1. The lowest BCUT2D eigenvalue weighted by atomic mass is 10.2. The fourth-order valence-electron chi connectivity index (χ4n) is 1.76. The number of aromatic nitrogens is 1. The lowest BCUT2D eigenvalue weighted by molar-refractivity contribution is -0.122. The van der Waals surface area contributed by atoms with Crippen LogP contribution in [0.1, 0.15) is 31.2 Å². The van der Waals surface area contributed by atoms with Crippen molar-refractivity contribution in [2.75, 3.05) is 11.9 Å². The van der Waals surface area contributed by atoms with Gasteiger partial charge in [0.05, 0.1) is 0 Å². The molecule has 0 unspecified atom stereocenters. The summed E-state index contributed by atoms with van der Waals surface area (Å²) in [5.41, 5.74) is 1.06. The quantitative estimate of drug-likeness (QED) is 0.765. The summed E-state index contributed by atoms with van der Waals surface area (Å²) >= 11 is 0. The minimum Gasteiger partial charge on any atom is -0.356 e. The van der Waals surface area contributed by atoms with Gasteiger partial charge >= 0.3 is 0 Å². The number of nitrogens with zero attached hydrogens (tertiary/aromatic N) is 1. The van der Waals surface area contributed by atoms with Gasteiger partial charge in [-0.25, -0.2) is 4.98 Å². The highest BCUT2D eigenvalue weighted by atomic mass is 16.2. The van der Waals surface area contributed by atoms with Gasteiger partial charge in [0.2, 0.25) is 11.8 Å². The maximum absolute atomic E-state index is 11.7. The van der Waals surface area contributed by atoms with Gasteiger partial charge in [0.15, 0.2) is 0 Å². The van der Waals surface area contributed by atoms with Gasteiger partial charge in [-0.2, -0.15) is 0 Å². The van der Waals surface area contributed by atoms with Crippen molar-refractivity contribution in [3.05, 3.63) is 23.9 Å². The second-order valence-corrected chi connectivity index (χ2v) is 4.94. The van der Waals surface area contributed by atoms with Crippen LogP contribution in [0, 0.1) is 12.8 Å². The van der Waals surface area contributed by atoms with Crippen molar-refractivity contribution >= 4 is 17.6 Å². The molecule has 19 heavy (non-hydrogen) atoms. The first kappa shape index (κ1) is 13.5. The molecule has 0 bridgehead atoms. The van der Waals surface area contributed by atoms with Gasteiger partial charge in [0.25, 0.3) is 0 Å². The van der Waals surface area contributed by atoms with Crippen molar-refractivity contribution in [2.45, 2.75) is 32.6 Å². The third-order valence-corrected chi connectivity index (χ3v) is 3.01. The van der Waals surface area contributed by atoms with Crippen LogP contribution in [0.3, 0.4) is 0 Å². The summed E-state index contributed by atoms with van der Waals surface area (Å²) in [6.07, 6.45) is 4.72. The molecule has 2 amide bonds. The van der Waals surface area contributed by atoms with E-state index in [0.29, 0.717) is 25.2 Å². The average Bonchev–Trinajstić information content (AvgIpc) is 3.18. The molecule has 0 saturated heterocycles. The largest absolute Gasteiger partial charge is 0.356 e. The van der Waals surface area contributed by atoms with Crippen LogP contribution in [-0.2, 0) is 9.59 Å². The van der Waals surface area contributed by atoms with Crippen molar-refractivity contribution in [3.63, 3.8) is 0 Å². The predicted octanol–water partition coefficient (Wildman–Crippen LogP) is 1.63. The van der Waals surface area contributed by atoms with Gasteiger partial charge in [-0.1, -0.05) is 0 Å². The van der Waals surface area contributed by atoms with E-state index < -0.39 is 0 Å². The molecular weight excluding hydrogens is 242 g/mol. The first-order chi connectivity index (χ1) is 9.15. The van der Waals surface area contributed by atoms with E-state index in [1.807, 2.05) is 19.1 Å². The van der Waals surface area contributed by atoms with E-state index in [9.17, 15) is 9.59 Å². The van der Waals surface area contributed by atoms with Crippen molar-refractivity contribution in [1.82, 2.24) is 10.3 Å². The van der Waals surface area contributed by atoms with Crippen LogP contribution in [0.4, 0.5) is 5.82 Å². The van der Waals surface area contributed by atoms with Crippen LogP contribution in [0.25, 0.3) is 0 Å². The zero-order valence-corrected chi connectivity index (χ0v) is 11.1. The molecule has 5 heteroatoms. The standard InChI is InChI=1S/C14H19N3O2/c1-10-6-8-15-12(9-10)17-13(18)3-2-7-16-14(19)11-4-5-11/h6,8-9,11H,2-5,7H2,1H3,(H,16,19)(H,15,17,18). The molecule has 0 spiro atoms. The monoisotopic (exact) mass is 261 g/mol. The molecule has 1 aliphatic rings. The SMILES string of the molecule is Cc1ccnc(NC(=O)CCCNC(=O)C2CC2)c1. The van der Waals surface area contributed by atoms with Crippen LogP contribution in [0.5, 0.6) is 0 Å². The normalized spacial score (nSPS) is 13.9. The molecule has 0 radical (unpaired) electrons. The molecule has 1 aliphatic carbocycles. The molecule has 2 N–H and O–H groups in total. The smallest absolute Gasteiger partial charge is 0.225 e. The number of rotatable bonds is 6. The van der Waals surface area contributed by atoms with Gasteiger partial charge in [0.1, 0.15) is 5.82 Å². The van der Waals surface area contributed by atoms with E-state index in [2.05, 4.69) is 15.6 Å². The summed E-state index contributed by atoms with van der Waals surface area (Å²) in [5.74, 6) is 0.858. The highest BCUT2D eigenvalue weighted by Crippen LogP contribution is 2.28. The molecule has 1 heterocycles. The molecule has 1 fully saturated rings. The zero-order valence-electron chi connectivity index (χ0n) is 11.1. The van der Waals surface area contributed by atoms with Crippen LogP contribution in [0.15, 0.2) is 18.3 Å². The molecule has 1 aromatic rings. The minimum absolute atomic E-state index is 0.0706. The van der Waals surface area contributed by atoms with Gasteiger partial charge < -0.3 is 10.6 Å². The Kier molecular flexibility index (Phi) is 4.49. The third-order valence-electron chi connectivity index (χ3n) is 3.01. The van der Waals surface area contributed by atoms with Crippen LogP contribution < -0.4 is 10.6 Å². The van der Waals surface area contributed by atoms with E-state index >= 15 is 0 Å². The van der Waals surface area contributed by atoms with Gasteiger partial charge in [-0.05, 0) is 43.9 Å². The number of amides is 2. The van der Waals surface area contributed by atoms with E-state index in [4.69, 9.17) is 0 Å². The average molecular weight is 261 g/mol. The lowest BCUT2D eigenvalue weighted by Crippen LogP contribution is -2.26. The maximum Gasteiger partial charge on any atom is 0.225 e. The Balaban J connectivity index is 1.62. The number of carbonyl (C=O) groups is 2. The lowest BCUT2D eigenvalue weighted by Gasteiger charge is -2.06. The van der Waals surface area contributed by atoms with Crippen molar-refractivity contribution in [3.8, 4) is 0 Å². The van der Waals surface area contributed by atoms with Crippen LogP contribution in [-0.4, -0.2) is 23.3 Å². The van der Waals surface area contributed by atoms with Crippen molar-refractivity contribution < 1.29 is 9.59 Å². The summed E-state index contributed by atoms with van der Waals surface area (Å²) in [7, 11) is 0. The van der Waals surface area contributed by atoms with Gasteiger partial charge in [-0.15, -0.1) is 0 Å². The molecule has 0 aromatic carbocycles. The molecule has 2 rings (SSSR count). The second-order valence-electron chi connectivity index (χ2n) is 4.94. The van der Waals surface area contributed by atoms with Crippen molar-refractivity contribution in [1.29, 1.82) is 0 Å². The topological polar surface area (TPSA) is 71.1 Å². The number of hydrogen-bond donors (Lipinski definition) is 2. The number of hydrogen-bond acceptors (Lipinski definition) is 3. The second kappa shape index (κ2) is 6.31. The molecule has 102 valence electrons. The first-order valence-corrected chi connectivity index (χ1v) is 6.65. The predicted molar refractivity (Wildman–Crippen MR) is 72.6 cm³/mol. The Morgan fingerprint density at radius 3 is 2.89 bits per heavy atom. The Hall–Kier alpha value is -1.91. The number of carbonyl (C=O) groups excluding carboxylic acids is 2. The highest BCUT2D eigenvalue weighted by molar-refractivity contribution is 5.89. The summed E-state index contributed by atoms with van der Waals surface area (Å²) in [5, 5.41) is 5.58. The Labute approximate surface area is 112 Å². The number of pyridine rings is 1. The minimum atomic E-state index is -0.0706. The molecule has 0 aliphatic heterocycles. The summed E-state index contributed by atoms with van der Waals surface area (Å²) < 4.78 is 0. The fraction of sp³-hybridized carbons (Fsp3) is 0.500. The summed E-state index contributed by atoms with van der Waals surface area (Å²) in [6, 6.07) is 3.70.